The average Bonchev–Trinajstić information content (AvgIpc) is 3.62. The Hall–Kier alpha value is -5.19. The predicted octanol–water partition coefficient (Wildman–Crippen LogP) is 3.91. The Morgan fingerprint density at radius 1 is 0.897 bits per heavy atom. The number of carbonyl (C=O) groups excluding carboxylic acids is 3. The number of urea groups is 1. The number of nitrogens with zero attached hydrogens (tertiary/aromatic N) is 3. The number of methoxy groups -OCH3 is 1. The molecule has 2 N–H and O–H groups in total. The Labute approximate surface area is 222 Å². The summed E-state index contributed by atoms with van der Waals surface area (Å²) >= 11 is 0. The molecule has 4 amide bonds. The maximum atomic E-state index is 12.7. The van der Waals surface area contributed by atoms with Gasteiger partial charge in [-0.05, 0) is 67.4 Å². The molecule has 0 aliphatic carbocycles. The molecule has 2 aliphatic rings. The number of imide groups is 2. The van der Waals surface area contributed by atoms with Gasteiger partial charge in [-0.1, -0.05) is 5.16 Å². The summed E-state index contributed by atoms with van der Waals surface area (Å²) in [6.07, 6.45) is 2.46. The minimum Gasteiger partial charge on any atom is -0.497 e. The summed E-state index contributed by atoms with van der Waals surface area (Å²) in [5.74, 6) is 1.04. The van der Waals surface area contributed by atoms with Gasteiger partial charge in [0.05, 0.1) is 19.0 Å². The zero-order valence-corrected chi connectivity index (χ0v) is 20.8. The molecule has 6 rings (SSSR count). The van der Waals surface area contributed by atoms with Crippen LogP contribution in [0.15, 0.2) is 77.4 Å². The molecule has 4 heterocycles. The summed E-state index contributed by atoms with van der Waals surface area (Å²) < 4.78 is 16.6. The second-order valence-electron chi connectivity index (χ2n) is 9.14. The van der Waals surface area contributed by atoms with Crippen LogP contribution in [0.1, 0.15) is 12.8 Å². The first kappa shape index (κ1) is 24.2. The van der Waals surface area contributed by atoms with Gasteiger partial charge in [-0.3, -0.25) is 20.2 Å². The van der Waals surface area contributed by atoms with Crippen LogP contribution in [-0.4, -0.2) is 47.2 Å². The van der Waals surface area contributed by atoms with Gasteiger partial charge >= 0.3 is 6.03 Å². The third-order valence-corrected chi connectivity index (χ3v) is 6.88. The topological polar surface area (TPSA) is 136 Å². The Morgan fingerprint density at radius 2 is 1.59 bits per heavy atom. The van der Waals surface area contributed by atoms with Gasteiger partial charge in [-0.15, -0.1) is 0 Å². The highest BCUT2D eigenvalue weighted by atomic mass is 16.5. The van der Waals surface area contributed by atoms with Crippen LogP contribution in [0.25, 0.3) is 22.6 Å². The molecular formula is C28H23N5O6. The lowest BCUT2D eigenvalue weighted by atomic mass is 9.92. The van der Waals surface area contributed by atoms with E-state index >= 15 is 0 Å². The van der Waals surface area contributed by atoms with Gasteiger partial charge in [-0.2, -0.15) is 0 Å². The molecule has 11 heteroatoms. The monoisotopic (exact) mass is 525 g/mol. The highest BCUT2D eigenvalue weighted by molar-refractivity contribution is 6.24. The van der Waals surface area contributed by atoms with Crippen LogP contribution >= 0.6 is 0 Å². The molecule has 1 spiro atoms. The van der Waals surface area contributed by atoms with Crippen molar-refractivity contribution in [2.75, 3.05) is 18.6 Å². The summed E-state index contributed by atoms with van der Waals surface area (Å²) in [6, 6.07) is 19.3. The largest absolute Gasteiger partial charge is 0.497 e. The fourth-order valence-corrected chi connectivity index (χ4v) is 4.90. The average molecular weight is 526 g/mol. The van der Waals surface area contributed by atoms with E-state index in [1.165, 1.54) is 0 Å². The van der Waals surface area contributed by atoms with Crippen molar-refractivity contribution in [1.29, 1.82) is 0 Å². The van der Waals surface area contributed by atoms with Crippen molar-refractivity contribution in [3.63, 3.8) is 0 Å². The van der Waals surface area contributed by atoms with E-state index in [0.29, 0.717) is 48.2 Å². The summed E-state index contributed by atoms with van der Waals surface area (Å²) in [6.45, 7) is 0.472. The van der Waals surface area contributed by atoms with E-state index in [4.69, 9.17) is 14.0 Å². The van der Waals surface area contributed by atoms with Crippen molar-refractivity contribution in [1.82, 2.24) is 20.8 Å². The molecule has 0 bridgehead atoms. The van der Waals surface area contributed by atoms with Crippen molar-refractivity contribution in [3.8, 4) is 40.0 Å². The molecular weight excluding hydrogens is 502 g/mol. The maximum Gasteiger partial charge on any atom is 0.328 e. The minimum atomic E-state index is -1.47. The number of ether oxygens (including phenoxy) is 2. The second-order valence-corrected chi connectivity index (χ2v) is 9.14. The number of hydrogen-bond donors (Lipinski definition) is 2. The van der Waals surface area contributed by atoms with Crippen LogP contribution in [0.4, 0.5) is 10.5 Å². The highest BCUT2D eigenvalue weighted by Gasteiger charge is 2.57. The molecule has 4 aromatic rings. The lowest BCUT2D eigenvalue weighted by Gasteiger charge is -2.38. The molecule has 2 aromatic heterocycles. The molecule has 2 saturated heterocycles. The van der Waals surface area contributed by atoms with Gasteiger partial charge in [0.15, 0.2) is 11.3 Å². The van der Waals surface area contributed by atoms with Crippen LogP contribution in [0.3, 0.4) is 0 Å². The molecule has 2 fully saturated rings. The Balaban J connectivity index is 1.14. The van der Waals surface area contributed by atoms with Gasteiger partial charge in [0.25, 0.3) is 11.8 Å². The predicted molar refractivity (Wildman–Crippen MR) is 139 cm³/mol. The second kappa shape index (κ2) is 9.60. The summed E-state index contributed by atoms with van der Waals surface area (Å²) in [4.78, 5) is 42.9. The molecule has 2 aliphatic heterocycles. The van der Waals surface area contributed by atoms with E-state index in [-0.39, 0.29) is 0 Å². The van der Waals surface area contributed by atoms with E-state index in [1.807, 2.05) is 42.5 Å². The summed E-state index contributed by atoms with van der Waals surface area (Å²) in [7, 11) is 1.62. The number of rotatable bonds is 6. The number of pyridine rings is 1. The summed E-state index contributed by atoms with van der Waals surface area (Å²) in [5.41, 5.74) is 1.57. The first-order chi connectivity index (χ1) is 19.0. The van der Waals surface area contributed by atoms with E-state index < -0.39 is 23.4 Å². The van der Waals surface area contributed by atoms with Crippen LogP contribution in [0.5, 0.6) is 17.4 Å². The van der Waals surface area contributed by atoms with Crippen molar-refractivity contribution in [3.05, 3.63) is 72.9 Å². The SMILES string of the molecule is COc1ccc(-c2cc(-c3ccc(Oc4ccc(N5CCCC56C(=O)NC(=O)NC6=O)cn4)cc3)on2)cc1. The smallest absolute Gasteiger partial charge is 0.328 e. The Bertz CT molecular complexity index is 1530. The fraction of sp³-hybridized carbons (Fsp3) is 0.179. The first-order valence-corrected chi connectivity index (χ1v) is 12.3. The Kier molecular flexibility index (Phi) is 5.95. The van der Waals surface area contributed by atoms with Crippen molar-refractivity contribution in [2.24, 2.45) is 0 Å². The van der Waals surface area contributed by atoms with Gasteiger partial charge < -0.3 is 18.9 Å². The number of barbiturate groups is 1. The third kappa shape index (κ3) is 4.33. The molecule has 0 atom stereocenters. The molecule has 2 aromatic carbocycles. The molecule has 196 valence electrons. The standard InChI is InChI=1S/C28H23N5O6/c1-37-20-8-3-17(4-9-20)22-15-23(39-32-22)18-5-10-21(11-6-18)38-24-12-7-19(16-29-24)33-14-2-13-28(33)25(34)30-27(36)31-26(28)35/h3-12,15-16H,2,13-14H2,1H3,(H2,30,31,34,35,36). The number of hydrogen-bond acceptors (Lipinski definition) is 9. The van der Waals surface area contributed by atoms with Crippen LogP contribution in [-0.2, 0) is 9.59 Å². The number of benzene rings is 2. The fourth-order valence-electron chi connectivity index (χ4n) is 4.90. The van der Waals surface area contributed by atoms with Crippen LogP contribution in [0, 0.1) is 0 Å². The quantitative estimate of drug-likeness (QED) is 0.359. The molecule has 39 heavy (non-hydrogen) atoms. The molecule has 11 nitrogen and oxygen atoms in total. The molecule has 0 saturated carbocycles. The minimum absolute atomic E-state index is 0.301. The lowest BCUT2D eigenvalue weighted by molar-refractivity contribution is -0.137. The van der Waals surface area contributed by atoms with E-state index in [0.717, 1.165) is 16.9 Å². The first-order valence-electron chi connectivity index (χ1n) is 12.3. The van der Waals surface area contributed by atoms with E-state index in [1.54, 1.807) is 42.5 Å². The van der Waals surface area contributed by atoms with Crippen LogP contribution < -0.4 is 25.0 Å². The Morgan fingerprint density at radius 3 is 2.26 bits per heavy atom. The highest BCUT2D eigenvalue weighted by Crippen LogP contribution is 2.36. The van der Waals surface area contributed by atoms with Crippen molar-refractivity contribution < 1.29 is 28.4 Å². The van der Waals surface area contributed by atoms with Gasteiger partial charge in [0.1, 0.15) is 17.2 Å². The van der Waals surface area contributed by atoms with Crippen molar-refractivity contribution >= 4 is 23.5 Å². The van der Waals surface area contributed by atoms with Crippen LogP contribution in [0.2, 0.25) is 0 Å². The number of anilines is 1. The van der Waals surface area contributed by atoms with E-state index in [9.17, 15) is 14.4 Å². The maximum absolute atomic E-state index is 12.7. The number of nitrogens with one attached hydrogen (secondary N) is 2. The van der Waals surface area contributed by atoms with Gasteiger partial charge in [-0.25, -0.2) is 9.78 Å². The number of carbonyl (C=O) groups is 3. The third-order valence-electron chi connectivity index (χ3n) is 6.88. The van der Waals surface area contributed by atoms with Gasteiger partial charge in [0, 0.05) is 29.8 Å². The zero-order valence-electron chi connectivity index (χ0n) is 20.8. The molecule has 0 radical (unpaired) electrons. The number of amides is 4. The van der Waals surface area contributed by atoms with Crippen molar-refractivity contribution in [2.45, 2.75) is 18.4 Å². The summed E-state index contributed by atoms with van der Waals surface area (Å²) in [5, 5.41) is 8.58. The molecule has 0 unspecified atom stereocenters. The van der Waals surface area contributed by atoms with E-state index in [2.05, 4.69) is 20.8 Å². The lowest BCUT2D eigenvalue weighted by Crippen LogP contribution is -2.71. The normalized spacial score (nSPS) is 16.2. The number of aromatic nitrogens is 2. The zero-order chi connectivity index (χ0) is 27.0. The van der Waals surface area contributed by atoms with Gasteiger partial charge in [0.2, 0.25) is 5.88 Å².